The first kappa shape index (κ1) is 18.8. The number of fused-ring (bicyclic) bond motifs is 1. The number of hydrogen-bond acceptors (Lipinski definition) is 6. The first-order valence-corrected chi connectivity index (χ1v) is 9.25. The van der Waals surface area contributed by atoms with Gasteiger partial charge in [-0.05, 0) is 31.2 Å². The summed E-state index contributed by atoms with van der Waals surface area (Å²) in [5, 5.41) is 4.16. The molecule has 1 aliphatic heterocycles. The van der Waals surface area contributed by atoms with Crippen LogP contribution in [0.1, 0.15) is 12.5 Å². The molecule has 0 aliphatic carbocycles. The number of anilines is 1. The predicted molar refractivity (Wildman–Crippen MR) is 109 cm³/mol. The number of rotatable bonds is 5. The summed E-state index contributed by atoms with van der Waals surface area (Å²) in [5.74, 6) is -1.29. The molecule has 0 saturated carbocycles. The van der Waals surface area contributed by atoms with E-state index in [9.17, 15) is 9.59 Å². The molecule has 0 atom stereocenters. The molecule has 0 fully saturated rings. The minimum Gasteiger partial charge on any atom is -0.462 e. The van der Waals surface area contributed by atoms with Gasteiger partial charge in [0.05, 0.1) is 11.6 Å². The predicted octanol–water partition coefficient (Wildman–Crippen LogP) is 4.04. The Morgan fingerprint density at radius 3 is 2.90 bits per heavy atom. The number of nitrogens with zero attached hydrogens (tertiary/aromatic N) is 1. The van der Waals surface area contributed by atoms with Gasteiger partial charge in [0, 0.05) is 29.0 Å². The van der Waals surface area contributed by atoms with E-state index < -0.39 is 11.8 Å². The molecular weight excluding hydrogens is 394 g/mol. The van der Waals surface area contributed by atoms with E-state index >= 15 is 0 Å². The summed E-state index contributed by atoms with van der Waals surface area (Å²) in [6, 6.07) is 10.8. The number of carbonyl (C=O) groups excluding carboxylic acids is 2. The maximum absolute atomic E-state index is 12.9. The number of benzene rings is 1. The lowest BCUT2D eigenvalue weighted by Gasteiger charge is -2.08. The highest BCUT2D eigenvalue weighted by atomic mass is 35.5. The second kappa shape index (κ2) is 7.81. The zero-order chi connectivity index (χ0) is 20.4. The monoisotopic (exact) mass is 409 g/mol. The molecule has 0 radical (unpaired) electrons. The van der Waals surface area contributed by atoms with E-state index in [1.807, 2.05) is 18.2 Å². The van der Waals surface area contributed by atoms with Crippen LogP contribution in [0.3, 0.4) is 0 Å². The van der Waals surface area contributed by atoms with Gasteiger partial charge in [0.25, 0.3) is 0 Å². The first-order valence-electron chi connectivity index (χ1n) is 8.87. The number of hydrogen-bond donors (Lipinski definition) is 2. The molecule has 0 unspecified atom stereocenters. The van der Waals surface area contributed by atoms with Crippen molar-refractivity contribution in [3.8, 4) is 0 Å². The van der Waals surface area contributed by atoms with Crippen LogP contribution in [0, 0.1) is 0 Å². The molecule has 3 aromatic rings. The van der Waals surface area contributed by atoms with E-state index in [2.05, 4.69) is 15.3 Å². The van der Waals surface area contributed by atoms with Crippen LogP contribution in [-0.2, 0) is 19.1 Å². The summed E-state index contributed by atoms with van der Waals surface area (Å²) < 4.78 is 10.8. The number of Topliss-reactive ketones (excluding diaryl/α,β-unsaturated/α-hetero) is 1. The van der Waals surface area contributed by atoms with Crippen LogP contribution in [0.4, 0.5) is 5.69 Å². The number of carbonyl (C=O) groups is 2. The van der Waals surface area contributed by atoms with E-state index in [1.54, 1.807) is 31.3 Å². The summed E-state index contributed by atoms with van der Waals surface area (Å²) in [6.07, 6.45) is 4.75. The van der Waals surface area contributed by atoms with Crippen molar-refractivity contribution in [1.82, 2.24) is 9.97 Å². The Kier molecular flexibility index (Phi) is 5.05. The third-order valence-electron chi connectivity index (χ3n) is 4.22. The molecule has 146 valence electrons. The summed E-state index contributed by atoms with van der Waals surface area (Å²) >= 11 is 6.03. The highest BCUT2D eigenvalue weighted by Gasteiger charge is 2.37. The van der Waals surface area contributed by atoms with Crippen LogP contribution >= 0.6 is 11.6 Å². The number of pyridine rings is 1. The fourth-order valence-corrected chi connectivity index (χ4v) is 3.07. The van der Waals surface area contributed by atoms with E-state index in [4.69, 9.17) is 21.1 Å². The number of aromatic nitrogens is 2. The maximum Gasteiger partial charge on any atom is 0.347 e. The minimum absolute atomic E-state index is 0.00707. The number of esters is 1. The quantitative estimate of drug-likeness (QED) is 0.375. The van der Waals surface area contributed by atoms with Crippen LogP contribution < -0.4 is 5.32 Å². The second-order valence-electron chi connectivity index (χ2n) is 6.15. The molecule has 2 aromatic heterocycles. The van der Waals surface area contributed by atoms with Crippen molar-refractivity contribution in [1.29, 1.82) is 0 Å². The van der Waals surface area contributed by atoms with Crippen molar-refractivity contribution in [3.63, 3.8) is 0 Å². The van der Waals surface area contributed by atoms with Crippen molar-refractivity contribution < 1.29 is 19.1 Å². The SMILES string of the molecule is CCOC(=O)C1=C(Nc2ccccc2)OC(=Cc2c[nH]c3ncc(Cl)cc23)C1=O. The molecule has 7 nitrogen and oxygen atoms in total. The van der Waals surface area contributed by atoms with E-state index in [0.717, 1.165) is 5.39 Å². The summed E-state index contributed by atoms with van der Waals surface area (Å²) in [6.45, 7) is 1.81. The number of H-pyrrole nitrogens is 1. The number of ketones is 1. The van der Waals surface area contributed by atoms with Gasteiger partial charge in [-0.2, -0.15) is 0 Å². The smallest absolute Gasteiger partial charge is 0.347 e. The lowest BCUT2D eigenvalue weighted by molar-refractivity contribution is -0.139. The number of allylic oxidation sites excluding steroid dienone is 1. The number of ether oxygens (including phenoxy) is 2. The van der Waals surface area contributed by atoms with Crippen LogP contribution in [0.2, 0.25) is 5.02 Å². The van der Waals surface area contributed by atoms with Gasteiger partial charge in [0.15, 0.2) is 11.3 Å². The topological polar surface area (TPSA) is 93.3 Å². The van der Waals surface area contributed by atoms with Crippen molar-refractivity contribution in [2.75, 3.05) is 11.9 Å². The Morgan fingerprint density at radius 2 is 2.14 bits per heavy atom. The minimum atomic E-state index is -0.747. The third kappa shape index (κ3) is 3.72. The Morgan fingerprint density at radius 1 is 1.34 bits per heavy atom. The zero-order valence-corrected chi connectivity index (χ0v) is 16.1. The van der Waals surface area contributed by atoms with Crippen molar-refractivity contribution in [2.45, 2.75) is 6.92 Å². The van der Waals surface area contributed by atoms with Gasteiger partial charge in [-0.3, -0.25) is 4.79 Å². The second-order valence-corrected chi connectivity index (χ2v) is 6.59. The molecule has 3 heterocycles. The number of para-hydroxylation sites is 1. The lowest BCUT2D eigenvalue weighted by Crippen LogP contribution is -2.16. The van der Waals surface area contributed by atoms with Crippen LogP contribution in [0.15, 0.2) is 66.0 Å². The van der Waals surface area contributed by atoms with Gasteiger partial charge < -0.3 is 19.8 Å². The fourth-order valence-electron chi connectivity index (χ4n) is 2.92. The molecule has 0 saturated heterocycles. The molecule has 8 heteroatoms. The Bertz CT molecular complexity index is 1170. The summed E-state index contributed by atoms with van der Waals surface area (Å²) in [5.41, 5.74) is 1.76. The fraction of sp³-hybridized carbons (Fsp3) is 0.0952. The van der Waals surface area contributed by atoms with E-state index in [1.165, 1.54) is 12.3 Å². The summed E-state index contributed by atoms with van der Waals surface area (Å²) in [7, 11) is 0. The molecule has 0 amide bonds. The number of aromatic amines is 1. The largest absolute Gasteiger partial charge is 0.462 e. The molecule has 0 bridgehead atoms. The summed E-state index contributed by atoms with van der Waals surface area (Å²) in [4.78, 5) is 32.5. The normalized spacial score (nSPS) is 15.1. The van der Waals surface area contributed by atoms with Gasteiger partial charge in [-0.15, -0.1) is 0 Å². The van der Waals surface area contributed by atoms with Gasteiger partial charge in [0.1, 0.15) is 5.65 Å². The van der Waals surface area contributed by atoms with Crippen LogP contribution in [-0.4, -0.2) is 28.3 Å². The molecule has 0 spiro atoms. The molecular formula is C21H16ClN3O4. The first-order chi connectivity index (χ1) is 14.1. The number of halogens is 1. The third-order valence-corrected chi connectivity index (χ3v) is 4.42. The average molecular weight is 410 g/mol. The Balaban J connectivity index is 1.71. The average Bonchev–Trinajstić information content (AvgIpc) is 3.24. The highest BCUT2D eigenvalue weighted by molar-refractivity contribution is 6.31. The Hall–Kier alpha value is -3.58. The van der Waals surface area contributed by atoms with E-state index in [0.29, 0.717) is 21.9 Å². The highest BCUT2D eigenvalue weighted by Crippen LogP contribution is 2.30. The maximum atomic E-state index is 12.9. The molecule has 29 heavy (non-hydrogen) atoms. The van der Waals surface area contributed by atoms with Gasteiger partial charge in [-0.1, -0.05) is 29.8 Å². The Labute approximate surface area is 171 Å². The van der Waals surface area contributed by atoms with Crippen molar-refractivity contribution >= 4 is 46.2 Å². The van der Waals surface area contributed by atoms with Gasteiger partial charge in [0.2, 0.25) is 11.7 Å². The van der Waals surface area contributed by atoms with Crippen LogP contribution in [0.25, 0.3) is 17.1 Å². The van der Waals surface area contributed by atoms with Crippen molar-refractivity contribution in [2.24, 2.45) is 0 Å². The number of nitrogens with one attached hydrogen (secondary N) is 2. The van der Waals surface area contributed by atoms with Gasteiger partial charge >= 0.3 is 5.97 Å². The zero-order valence-electron chi connectivity index (χ0n) is 15.4. The lowest BCUT2D eigenvalue weighted by atomic mass is 10.1. The van der Waals surface area contributed by atoms with Crippen LogP contribution in [0.5, 0.6) is 0 Å². The molecule has 1 aromatic carbocycles. The standard InChI is InChI=1S/C21H16ClN3O4/c1-2-28-21(27)17-18(26)16(29-20(17)25-14-6-4-3-5-7-14)8-12-10-23-19-15(12)9-13(22)11-24-19/h3-11,25H,2H2,1H3,(H,23,24). The van der Waals surface area contributed by atoms with Crippen molar-refractivity contribution in [3.05, 3.63) is 76.6 Å². The molecule has 2 N–H and O–H groups in total. The molecule has 4 rings (SSSR count). The molecule has 1 aliphatic rings. The van der Waals surface area contributed by atoms with E-state index in [-0.39, 0.29) is 23.8 Å². The van der Waals surface area contributed by atoms with Gasteiger partial charge in [-0.25, -0.2) is 9.78 Å².